The number of aliphatic hydroxyl groups excluding tert-OH is 1. The highest BCUT2D eigenvalue weighted by Gasteiger charge is 2.30. The fraction of sp³-hybridized carbons (Fsp3) is 0.600. The van der Waals surface area contributed by atoms with Gasteiger partial charge in [0.2, 0.25) is 0 Å². The van der Waals surface area contributed by atoms with Gasteiger partial charge in [0, 0.05) is 12.6 Å². The molecule has 0 radical (unpaired) electrons. The van der Waals surface area contributed by atoms with E-state index in [0.717, 1.165) is 49.9 Å². The lowest BCUT2D eigenvalue weighted by Gasteiger charge is -2.15. The first-order valence-corrected chi connectivity index (χ1v) is 6.96. The van der Waals surface area contributed by atoms with Crippen molar-refractivity contribution in [3.05, 3.63) is 35.4 Å². The Morgan fingerprint density at radius 3 is 2.20 bits per heavy atom. The minimum Gasteiger partial charge on any atom is -0.396 e. The van der Waals surface area contributed by atoms with Crippen molar-refractivity contribution < 1.29 is 18.3 Å². The van der Waals surface area contributed by atoms with Crippen molar-refractivity contribution in [3.63, 3.8) is 0 Å². The van der Waals surface area contributed by atoms with Crippen molar-refractivity contribution >= 4 is 0 Å². The summed E-state index contributed by atoms with van der Waals surface area (Å²) < 4.78 is 37.3. The summed E-state index contributed by atoms with van der Waals surface area (Å²) in [5.41, 5.74) is 0.241. The van der Waals surface area contributed by atoms with Crippen LogP contribution in [0.4, 0.5) is 13.2 Å². The average Bonchev–Trinajstić information content (AvgIpc) is 2.41. The van der Waals surface area contributed by atoms with Crippen LogP contribution < -0.4 is 5.32 Å². The second kappa shape index (κ2) is 8.27. The number of unbranched alkanes of at least 4 members (excludes halogenated alkanes) is 3. The van der Waals surface area contributed by atoms with Crippen LogP contribution in [0.25, 0.3) is 0 Å². The first-order chi connectivity index (χ1) is 9.45. The number of rotatable bonds is 8. The summed E-state index contributed by atoms with van der Waals surface area (Å²) in [4.78, 5) is 0. The maximum Gasteiger partial charge on any atom is 0.416 e. The molecule has 0 aromatic heterocycles. The Kier molecular flexibility index (Phi) is 7.02. The van der Waals surface area contributed by atoms with E-state index in [1.165, 1.54) is 12.1 Å². The highest BCUT2D eigenvalue weighted by molar-refractivity contribution is 5.26. The van der Waals surface area contributed by atoms with E-state index in [-0.39, 0.29) is 12.6 Å². The number of halogens is 3. The molecule has 0 aliphatic rings. The van der Waals surface area contributed by atoms with Crippen molar-refractivity contribution in [2.24, 2.45) is 0 Å². The fourth-order valence-electron chi connectivity index (χ4n) is 1.99. The quantitative estimate of drug-likeness (QED) is 0.711. The molecule has 1 rings (SSSR count). The smallest absolute Gasteiger partial charge is 0.396 e. The van der Waals surface area contributed by atoms with Crippen LogP contribution in [0.3, 0.4) is 0 Å². The van der Waals surface area contributed by atoms with Gasteiger partial charge in [-0.25, -0.2) is 0 Å². The molecule has 114 valence electrons. The number of hydrogen-bond acceptors (Lipinski definition) is 2. The molecular formula is C15H22F3NO. The molecule has 2 nitrogen and oxygen atoms in total. The Labute approximate surface area is 118 Å². The lowest BCUT2D eigenvalue weighted by Crippen LogP contribution is -2.20. The number of nitrogens with one attached hydrogen (secondary N) is 1. The Bertz CT molecular complexity index is 376. The predicted molar refractivity (Wildman–Crippen MR) is 73.4 cm³/mol. The maximum absolute atomic E-state index is 12.4. The van der Waals surface area contributed by atoms with E-state index in [2.05, 4.69) is 5.32 Å². The number of benzene rings is 1. The first-order valence-electron chi connectivity index (χ1n) is 6.96. The molecule has 1 aromatic rings. The average molecular weight is 289 g/mol. The number of hydrogen-bond donors (Lipinski definition) is 2. The summed E-state index contributed by atoms with van der Waals surface area (Å²) in [6, 6.07) is 5.32. The van der Waals surface area contributed by atoms with Crippen LogP contribution in [0, 0.1) is 0 Å². The van der Waals surface area contributed by atoms with E-state index in [1.807, 2.05) is 6.92 Å². The van der Waals surface area contributed by atoms with Gasteiger partial charge in [-0.1, -0.05) is 25.0 Å². The van der Waals surface area contributed by atoms with Gasteiger partial charge in [0.05, 0.1) is 5.56 Å². The standard InChI is InChI=1S/C15H22F3NO/c1-12(19-10-4-2-3-5-11-20)13-6-8-14(9-7-13)15(16,17)18/h6-9,12,19-20H,2-5,10-11H2,1H3. The molecule has 0 saturated heterocycles. The summed E-state index contributed by atoms with van der Waals surface area (Å²) >= 11 is 0. The van der Waals surface area contributed by atoms with Crippen LogP contribution in [0.5, 0.6) is 0 Å². The van der Waals surface area contributed by atoms with Gasteiger partial charge in [-0.3, -0.25) is 0 Å². The van der Waals surface area contributed by atoms with Crippen LogP contribution in [0.2, 0.25) is 0 Å². The lowest BCUT2D eigenvalue weighted by molar-refractivity contribution is -0.137. The minimum atomic E-state index is -4.28. The van der Waals surface area contributed by atoms with Gasteiger partial charge in [-0.2, -0.15) is 13.2 Å². The molecule has 0 aliphatic carbocycles. The van der Waals surface area contributed by atoms with E-state index in [1.54, 1.807) is 0 Å². The molecule has 20 heavy (non-hydrogen) atoms. The molecule has 0 aliphatic heterocycles. The van der Waals surface area contributed by atoms with Crippen LogP contribution in [-0.4, -0.2) is 18.3 Å². The van der Waals surface area contributed by atoms with Gasteiger partial charge in [-0.15, -0.1) is 0 Å². The molecule has 0 spiro atoms. The topological polar surface area (TPSA) is 32.3 Å². The molecule has 1 atom stereocenters. The molecule has 2 N–H and O–H groups in total. The molecule has 0 heterocycles. The normalized spacial score (nSPS) is 13.4. The largest absolute Gasteiger partial charge is 0.416 e. The molecule has 0 bridgehead atoms. The highest BCUT2D eigenvalue weighted by Crippen LogP contribution is 2.29. The zero-order valence-electron chi connectivity index (χ0n) is 11.7. The van der Waals surface area contributed by atoms with Gasteiger partial charge >= 0.3 is 6.18 Å². The summed E-state index contributed by atoms with van der Waals surface area (Å²) in [7, 11) is 0. The van der Waals surface area contributed by atoms with Gasteiger partial charge in [0.25, 0.3) is 0 Å². The third-order valence-electron chi connectivity index (χ3n) is 3.27. The monoisotopic (exact) mass is 289 g/mol. The Morgan fingerprint density at radius 2 is 1.65 bits per heavy atom. The molecule has 0 fully saturated rings. The van der Waals surface area contributed by atoms with Crippen LogP contribution in [0.1, 0.15) is 49.8 Å². The first kappa shape index (κ1) is 17.0. The summed E-state index contributed by atoms with van der Waals surface area (Å²) in [5, 5.41) is 11.9. The zero-order chi connectivity index (χ0) is 15.0. The molecule has 1 unspecified atom stereocenters. The van der Waals surface area contributed by atoms with Crippen molar-refractivity contribution in [1.82, 2.24) is 5.32 Å². The Morgan fingerprint density at radius 1 is 1.05 bits per heavy atom. The van der Waals surface area contributed by atoms with E-state index in [9.17, 15) is 13.2 Å². The SMILES string of the molecule is CC(NCCCCCCO)c1ccc(C(F)(F)F)cc1. The van der Waals surface area contributed by atoms with E-state index in [4.69, 9.17) is 5.11 Å². The van der Waals surface area contributed by atoms with Crippen molar-refractivity contribution in [2.75, 3.05) is 13.2 Å². The van der Waals surface area contributed by atoms with Gasteiger partial charge < -0.3 is 10.4 Å². The molecule has 0 saturated carbocycles. The second-order valence-electron chi connectivity index (χ2n) is 4.93. The molecule has 1 aromatic carbocycles. The van der Waals surface area contributed by atoms with Crippen LogP contribution in [-0.2, 0) is 6.18 Å². The lowest BCUT2D eigenvalue weighted by atomic mass is 10.1. The zero-order valence-corrected chi connectivity index (χ0v) is 11.7. The maximum atomic E-state index is 12.4. The van der Waals surface area contributed by atoms with Crippen molar-refractivity contribution in [2.45, 2.75) is 44.8 Å². The minimum absolute atomic E-state index is 0.0372. The Hall–Kier alpha value is -1.07. The van der Waals surface area contributed by atoms with E-state index in [0.29, 0.717) is 0 Å². The van der Waals surface area contributed by atoms with Crippen molar-refractivity contribution in [3.8, 4) is 0 Å². The predicted octanol–water partition coefficient (Wildman–Crippen LogP) is 3.91. The molecular weight excluding hydrogens is 267 g/mol. The summed E-state index contributed by atoms with van der Waals surface area (Å²) in [6.07, 6.45) is -0.387. The fourth-order valence-corrected chi connectivity index (χ4v) is 1.99. The van der Waals surface area contributed by atoms with E-state index >= 15 is 0 Å². The van der Waals surface area contributed by atoms with Crippen LogP contribution in [0.15, 0.2) is 24.3 Å². The Balaban J connectivity index is 2.34. The molecule has 0 amide bonds. The molecule has 5 heteroatoms. The second-order valence-corrected chi connectivity index (χ2v) is 4.93. The van der Waals surface area contributed by atoms with Gasteiger partial charge in [0.1, 0.15) is 0 Å². The third kappa shape index (κ3) is 5.92. The number of alkyl halides is 3. The van der Waals surface area contributed by atoms with Crippen LogP contribution >= 0.6 is 0 Å². The van der Waals surface area contributed by atoms with Gasteiger partial charge in [-0.05, 0) is 44.0 Å². The van der Waals surface area contributed by atoms with E-state index < -0.39 is 11.7 Å². The van der Waals surface area contributed by atoms with Gasteiger partial charge in [0.15, 0.2) is 0 Å². The summed E-state index contributed by atoms with van der Waals surface area (Å²) in [6.45, 7) is 3.00. The highest BCUT2D eigenvalue weighted by atomic mass is 19.4. The summed E-state index contributed by atoms with van der Waals surface area (Å²) in [5.74, 6) is 0. The van der Waals surface area contributed by atoms with Crippen molar-refractivity contribution in [1.29, 1.82) is 0 Å². The number of aliphatic hydroxyl groups is 1. The third-order valence-corrected chi connectivity index (χ3v) is 3.27.